The lowest BCUT2D eigenvalue weighted by Gasteiger charge is -2.11. The van der Waals surface area contributed by atoms with Crippen molar-refractivity contribution in [1.82, 2.24) is 9.97 Å². The fourth-order valence-corrected chi connectivity index (χ4v) is 1.76. The molecule has 1 aromatic heterocycles. The summed E-state index contributed by atoms with van der Waals surface area (Å²) in [4.78, 5) is 6.52. The highest BCUT2D eigenvalue weighted by Gasteiger charge is 2.35. The molecule has 0 unspecified atom stereocenters. The third kappa shape index (κ3) is 3.61. The second-order valence-electron chi connectivity index (χ2n) is 4.16. The van der Waals surface area contributed by atoms with Crippen LogP contribution in [-0.2, 0) is 6.18 Å². The van der Waals surface area contributed by atoms with Gasteiger partial charge >= 0.3 is 6.18 Å². The van der Waals surface area contributed by atoms with E-state index in [9.17, 15) is 13.2 Å². The minimum Gasteiger partial charge on any atom is -0.340 e. The molecule has 0 saturated heterocycles. The second-order valence-corrected chi connectivity index (χ2v) is 4.55. The van der Waals surface area contributed by atoms with Crippen LogP contribution in [0, 0.1) is 18.3 Å². The summed E-state index contributed by atoms with van der Waals surface area (Å²) in [5.74, 6) is -1.42. The van der Waals surface area contributed by atoms with Gasteiger partial charge in [-0.05, 0) is 24.6 Å². The van der Waals surface area contributed by atoms with Gasteiger partial charge < -0.3 is 5.32 Å². The van der Waals surface area contributed by atoms with Crippen molar-refractivity contribution in [3.63, 3.8) is 0 Å². The molecule has 0 aliphatic heterocycles. The van der Waals surface area contributed by atoms with E-state index in [0.29, 0.717) is 11.3 Å². The van der Waals surface area contributed by atoms with Gasteiger partial charge in [0.15, 0.2) is 0 Å². The zero-order chi connectivity index (χ0) is 15.6. The zero-order valence-electron chi connectivity index (χ0n) is 10.7. The number of benzene rings is 1. The largest absolute Gasteiger partial charge is 0.451 e. The van der Waals surface area contributed by atoms with Gasteiger partial charge in [0.05, 0.1) is 11.6 Å². The first-order chi connectivity index (χ1) is 9.79. The number of halogens is 4. The minimum absolute atomic E-state index is 0.0967. The highest BCUT2D eigenvalue weighted by atomic mass is 35.5. The monoisotopic (exact) mass is 312 g/mol. The zero-order valence-corrected chi connectivity index (χ0v) is 11.4. The van der Waals surface area contributed by atoms with Crippen molar-refractivity contribution >= 4 is 23.1 Å². The van der Waals surface area contributed by atoms with Gasteiger partial charge in [0.2, 0.25) is 5.82 Å². The molecule has 0 atom stereocenters. The molecule has 1 aromatic carbocycles. The molecule has 0 bridgehead atoms. The smallest absolute Gasteiger partial charge is 0.340 e. The molecular weight excluding hydrogens is 305 g/mol. The van der Waals surface area contributed by atoms with Gasteiger partial charge in [0.1, 0.15) is 11.0 Å². The molecule has 21 heavy (non-hydrogen) atoms. The second kappa shape index (κ2) is 5.58. The van der Waals surface area contributed by atoms with Crippen LogP contribution in [0.5, 0.6) is 0 Å². The van der Waals surface area contributed by atoms with Crippen LogP contribution in [0.1, 0.15) is 17.0 Å². The molecule has 0 spiro atoms. The number of alkyl halides is 3. The Bertz CT molecular complexity index is 722. The molecule has 1 N–H and O–H groups in total. The summed E-state index contributed by atoms with van der Waals surface area (Å²) in [6.07, 6.45) is -4.69. The van der Waals surface area contributed by atoms with Crippen molar-refractivity contribution in [1.29, 1.82) is 5.26 Å². The average molecular weight is 313 g/mol. The summed E-state index contributed by atoms with van der Waals surface area (Å²) >= 11 is 5.58. The van der Waals surface area contributed by atoms with Gasteiger partial charge in [-0.15, -0.1) is 0 Å². The number of anilines is 2. The number of hydrogen-bond donors (Lipinski definition) is 1. The predicted octanol–water partition coefficient (Wildman–Crippen LogP) is 4.07. The molecule has 0 amide bonds. The third-order valence-corrected chi connectivity index (χ3v) is 2.77. The van der Waals surface area contributed by atoms with Gasteiger partial charge in [-0.25, -0.2) is 9.97 Å². The van der Waals surface area contributed by atoms with Crippen LogP contribution in [0.4, 0.5) is 24.7 Å². The topological polar surface area (TPSA) is 61.6 Å². The first-order valence-electron chi connectivity index (χ1n) is 5.69. The standard InChI is InChI=1S/C13H8ClF3N4/c1-7-2-3-8(6-18)4-9(7)19-11-5-10(14)20-12(21-11)13(15,16)17/h2-5H,1H3,(H,19,20,21). The Morgan fingerprint density at radius 2 is 1.95 bits per heavy atom. The summed E-state index contributed by atoms with van der Waals surface area (Å²) in [7, 11) is 0. The molecule has 0 aliphatic carbocycles. The van der Waals surface area contributed by atoms with Gasteiger partial charge in [-0.2, -0.15) is 18.4 Å². The fraction of sp³-hybridized carbons (Fsp3) is 0.154. The van der Waals surface area contributed by atoms with E-state index in [1.54, 1.807) is 19.1 Å². The Kier molecular flexibility index (Phi) is 4.00. The lowest BCUT2D eigenvalue weighted by atomic mass is 10.1. The van der Waals surface area contributed by atoms with Crippen molar-refractivity contribution < 1.29 is 13.2 Å². The van der Waals surface area contributed by atoms with E-state index >= 15 is 0 Å². The summed E-state index contributed by atoms with van der Waals surface area (Å²) in [6.45, 7) is 1.75. The Morgan fingerprint density at radius 3 is 2.57 bits per heavy atom. The molecule has 0 fully saturated rings. The van der Waals surface area contributed by atoms with E-state index in [1.807, 2.05) is 6.07 Å². The number of rotatable bonds is 2. The van der Waals surface area contributed by atoms with Crippen LogP contribution in [0.25, 0.3) is 0 Å². The number of nitrogens with one attached hydrogen (secondary N) is 1. The fourth-order valence-electron chi connectivity index (χ4n) is 1.57. The molecule has 2 rings (SSSR count). The van der Waals surface area contributed by atoms with Gasteiger partial charge in [-0.3, -0.25) is 0 Å². The maximum absolute atomic E-state index is 12.6. The molecule has 4 nitrogen and oxygen atoms in total. The maximum atomic E-state index is 12.6. The van der Waals surface area contributed by atoms with Crippen LogP contribution < -0.4 is 5.32 Å². The highest BCUT2D eigenvalue weighted by Crippen LogP contribution is 2.29. The van der Waals surface area contributed by atoms with Crippen LogP contribution in [0.15, 0.2) is 24.3 Å². The van der Waals surface area contributed by atoms with E-state index in [2.05, 4.69) is 15.3 Å². The normalized spacial score (nSPS) is 11.0. The van der Waals surface area contributed by atoms with Crippen molar-refractivity contribution in [3.05, 3.63) is 46.4 Å². The summed E-state index contributed by atoms with van der Waals surface area (Å²) < 4.78 is 37.9. The van der Waals surface area contributed by atoms with Gasteiger partial charge in [0, 0.05) is 11.8 Å². The van der Waals surface area contributed by atoms with E-state index < -0.39 is 12.0 Å². The van der Waals surface area contributed by atoms with E-state index in [-0.39, 0.29) is 11.0 Å². The Morgan fingerprint density at radius 1 is 1.24 bits per heavy atom. The molecule has 0 saturated carbocycles. The molecule has 0 radical (unpaired) electrons. The summed E-state index contributed by atoms with van der Waals surface area (Å²) in [5.41, 5.74) is 1.59. The lowest BCUT2D eigenvalue weighted by Crippen LogP contribution is -2.12. The van der Waals surface area contributed by atoms with Crippen LogP contribution in [0.2, 0.25) is 5.15 Å². The minimum atomic E-state index is -4.69. The third-order valence-electron chi connectivity index (χ3n) is 2.58. The van der Waals surface area contributed by atoms with Crippen molar-refractivity contribution in [3.8, 4) is 6.07 Å². The Balaban J connectivity index is 2.41. The number of nitriles is 1. The highest BCUT2D eigenvalue weighted by molar-refractivity contribution is 6.29. The summed E-state index contributed by atoms with van der Waals surface area (Å²) in [5, 5.41) is 11.2. The van der Waals surface area contributed by atoms with E-state index in [1.165, 1.54) is 12.1 Å². The quantitative estimate of drug-likeness (QED) is 0.849. The van der Waals surface area contributed by atoms with Crippen molar-refractivity contribution in [2.75, 3.05) is 5.32 Å². The molecule has 0 aliphatic rings. The molecule has 1 heterocycles. The van der Waals surface area contributed by atoms with Crippen molar-refractivity contribution in [2.45, 2.75) is 13.1 Å². The Labute approximate surface area is 123 Å². The van der Waals surface area contributed by atoms with E-state index in [0.717, 1.165) is 5.56 Å². The SMILES string of the molecule is Cc1ccc(C#N)cc1Nc1cc(Cl)nc(C(F)(F)F)n1. The van der Waals surface area contributed by atoms with Crippen LogP contribution in [0.3, 0.4) is 0 Å². The lowest BCUT2D eigenvalue weighted by molar-refractivity contribution is -0.144. The average Bonchev–Trinajstić information content (AvgIpc) is 2.39. The maximum Gasteiger partial charge on any atom is 0.451 e. The number of aromatic nitrogens is 2. The van der Waals surface area contributed by atoms with Gasteiger partial charge in [0.25, 0.3) is 0 Å². The molecule has 108 valence electrons. The van der Waals surface area contributed by atoms with Crippen LogP contribution >= 0.6 is 11.6 Å². The first-order valence-corrected chi connectivity index (χ1v) is 6.07. The van der Waals surface area contributed by atoms with Crippen molar-refractivity contribution in [2.24, 2.45) is 0 Å². The molecular formula is C13H8ClF3N4. The number of hydrogen-bond acceptors (Lipinski definition) is 4. The van der Waals surface area contributed by atoms with Crippen LogP contribution in [-0.4, -0.2) is 9.97 Å². The van der Waals surface area contributed by atoms with Gasteiger partial charge in [-0.1, -0.05) is 17.7 Å². The number of aryl methyl sites for hydroxylation is 1. The summed E-state index contributed by atoms with van der Waals surface area (Å²) in [6, 6.07) is 7.92. The first kappa shape index (κ1) is 15.1. The Hall–Kier alpha value is -2.33. The predicted molar refractivity (Wildman–Crippen MR) is 71.2 cm³/mol. The van der Waals surface area contributed by atoms with E-state index in [4.69, 9.17) is 16.9 Å². The molecule has 2 aromatic rings. The molecule has 8 heteroatoms. The number of nitrogens with zero attached hydrogens (tertiary/aromatic N) is 3.